The van der Waals surface area contributed by atoms with Crippen molar-refractivity contribution in [3.8, 4) is 0 Å². The number of carbonyl (C=O) groups excluding carboxylic acids is 1. The predicted octanol–water partition coefficient (Wildman–Crippen LogP) is 3.11. The molecule has 1 aliphatic rings. The number of hydrogen-bond acceptors (Lipinski definition) is 2. The summed E-state index contributed by atoms with van der Waals surface area (Å²) < 4.78 is 0. The highest BCUT2D eigenvalue weighted by atomic mass is 35.5. The molecule has 1 fully saturated rings. The Labute approximate surface area is 118 Å². The van der Waals surface area contributed by atoms with E-state index in [9.17, 15) is 4.79 Å². The molecule has 1 aliphatic carbocycles. The van der Waals surface area contributed by atoms with Crippen molar-refractivity contribution in [1.29, 1.82) is 0 Å². The van der Waals surface area contributed by atoms with Crippen LogP contribution in [0, 0.1) is 0 Å². The first-order valence-corrected chi connectivity index (χ1v) is 7.19. The highest BCUT2D eigenvalue weighted by Gasteiger charge is 2.24. The zero-order chi connectivity index (χ0) is 12.7. The Hall–Kier alpha value is -0.280. The maximum absolute atomic E-state index is 12.1. The SMILES string of the molecule is CCCC(N)C(=O)N(C)C1CCCCCCC1.Cl. The van der Waals surface area contributed by atoms with Crippen molar-refractivity contribution in [2.75, 3.05) is 7.05 Å². The molecule has 18 heavy (non-hydrogen) atoms. The number of likely N-dealkylation sites (N-methyl/N-ethyl adjacent to an activating group) is 1. The number of nitrogens with zero attached hydrogens (tertiary/aromatic N) is 1. The van der Waals surface area contributed by atoms with E-state index >= 15 is 0 Å². The zero-order valence-corrected chi connectivity index (χ0v) is 12.7. The molecule has 0 bridgehead atoms. The van der Waals surface area contributed by atoms with Gasteiger partial charge in [0.2, 0.25) is 5.91 Å². The lowest BCUT2D eigenvalue weighted by Crippen LogP contribution is -2.46. The van der Waals surface area contributed by atoms with Gasteiger partial charge in [-0.3, -0.25) is 4.79 Å². The molecule has 4 heteroatoms. The van der Waals surface area contributed by atoms with Crippen LogP contribution in [-0.2, 0) is 4.79 Å². The third kappa shape index (κ3) is 5.57. The highest BCUT2D eigenvalue weighted by Crippen LogP contribution is 2.21. The first-order chi connectivity index (χ1) is 8.16. The summed E-state index contributed by atoms with van der Waals surface area (Å²) in [7, 11) is 1.93. The molecule has 1 rings (SSSR count). The van der Waals surface area contributed by atoms with Crippen LogP contribution in [0.5, 0.6) is 0 Å². The average Bonchev–Trinajstić information content (AvgIpc) is 2.27. The number of amides is 1. The van der Waals surface area contributed by atoms with Gasteiger partial charge in [0.1, 0.15) is 0 Å². The van der Waals surface area contributed by atoms with Gasteiger partial charge in [-0.05, 0) is 19.3 Å². The van der Waals surface area contributed by atoms with Crippen LogP contribution < -0.4 is 5.73 Å². The van der Waals surface area contributed by atoms with Crippen LogP contribution in [0.3, 0.4) is 0 Å². The lowest BCUT2D eigenvalue weighted by Gasteiger charge is -2.31. The van der Waals surface area contributed by atoms with Crippen LogP contribution in [0.25, 0.3) is 0 Å². The number of nitrogens with two attached hydrogens (primary N) is 1. The molecule has 0 spiro atoms. The minimum atomic E-state index is -0.296. The molecule has 0 aromatic rings. The van der Waals surface area contributed by atoms with Crippen molar-refractivity contribution in [3.63, 3.8) is 0 Å². The Morgan fingerprint density at radius 1 is 1.22 bits per heavy atom. The second-order valence-corrected chi connectivity index (χ2v) is 5.34. The molecule has 0 heterocycles. The fourth-order valence-corrected chi connectivity index (χ4v) is 2.70. The molecule has 0 saturated heterocycles. The summed E-state index contributed by atoms with van der Waals surface area (Å²) in [5, 5.41) is 0. The predicted molar refractivity (Wildman–Crippen MR) is 79.0 cm³/mol. The van der Waals surface area contributed by atoms with Gasteiger partial charge in [-0.15, -0.1) is 12.4 Å². The number of halogens is 1. The molecule has 0 aromatic heterocycles. The van der Waals surface area contributed by atoms with Crippen molar-refractivity contribution < 1.29 is 4.79 Å². The molecular formula is C14H29ClN2O. The lowest BCUT2D eigenvalue weighted by atomic mass is 9.95. The summed E-state index contributed by atoms with van der Waals surface area (Å²) in [6, 6.07) is 0.126. The van der Waals surface area contributed by atoms with Gasteiger partial charge in [0.15, 0.2) is 0 Å². The van der Waals surface area contributed by atoms with Gasteiger partial charge in [-0.25, -0.2) is 0 Å². The van der Waals surface area contributed by atoms with Crippen LogP contribution in [0.2, 0.25) is 0 Å². The molecule has 3 nitrogen and oxygen atoms in total. The molecule has 1 amide bonds. The van der Waals surface area contributed by atoms with E-state index in [0.717, 1.165) is 25.7 Å². The molecule has 1 unspecified atom stereocenters. The van der Waals surface area contributed by atoms with Crippen LogP contribution in [-0.4, -0.2) is 29.9 Å². The summed E-state index contributed by atoms with van der Waals surface area (Å²) in [5.41, 5.74) is 5.91. The number of carbonyl (C=O) groups is 1. The molecule has 0 radical (unpaired) electrons. The standard InChI is InChI=1S/C14H28N2O.ClH/c1-3-9-13(15)14(17)16(2)12-10-7-5-4-6-8-11-12;/h12-13H,3-11,15H2,1-2H3;1H. The van der Waals surface area contributed by atoms with Crippen LogP contribution in [0.4, 0.5) is 0 Å². The topological polar surface area (TPSA) is 46.3 Å². The van der Waals surface area contributed by atoms with Crippen molar-refractivity contribution in [1.82, 2.24) is 4.90 Å². The maximum Gasteiger partial charge on any atom is 0.239 e. The summed E-state index contributed by atoms with van der Waals surface area (Å²) in [4.78, 5) is 14.1. The van der Waals surface area contributed by atoms with E-state index in [1.807, 2.05) is 11.9 Å². The van der Waals surface area contributed by atoms with Crippen molar-refractivity contribution in [2.45, 2.75) is 76.8 Å². The average molecular weight is 277 g/mol. The van der Waals surface area contributed by atoms with Crippen LogP contribution in [0.1, 0.15) is 64.7 Å². The van der Waals surface area contributed by atoms with Gasteiger partial charge in [-0.1, -0.05) is 45.4 Å². The molecule has 1 atom stereocenters. The first-order valence-electron chi connectivity index (χ1n) is 7.19. The fraction of sp³-hybridized carbons (Fsp3) is 0.929. The molecule has 0 aliphatic heterocycles. The van der Waals surface area contributed by atoms with Crippen molar-refractivity contribution in [3.05, 3.63) is 0 Å². The summed E-state index contributed by atoms with van der Waals surface area (Å²) in [5.74, 6) is 0.137. The summed E-state index contributed by atoms with van der Waals surface area (Å²) in [6.45, 7) is 2.07. The van der Waals surface area contributed by atoms with E-state index in [4.69, 9.17) is 5.73 Å². The highest BCUT2D eigenvalue weighted by molar-refractivity contribution is 5.85. The van der Waals surface area contributed by atoms with E-state index in [-0.39, 0.29) is 24.4 Å². The monoisotopic (exact) mass is 276 g/mol. The third-order valence-corrected chi connectivity index (χ3v) is 3.89. The minimum absolute atomic E-state index is 0. The normalized spacial score (nSPS) is 19.3. The second kappa shape index (κ2) is 9.62. The van der Waals surface area contributed by atoms with Gasteiger partial charge in [0, 0.05) is 13.1 Å². The molecular weight excluding hydrogens is 248 g/mol. The molecule has 108 valence electrons. The second-order valence-electron chi connectivity index (χ2n) is 5.34. The minimum Gasteiger partial charge on any atom is -0.341 e. The Bertz CT molecular complexity index is 228. The van der Waals surface area contributed by atoms with Gasteiger partial charge in [-0.2, -0.15) is 0 Å². The Morgan fingerprint density at radius 3 is 2.22 bits per heavy atom. The molecule has 1 saturated carbocycles. The van der Waals surface area contributed by atoms with E-state index in [2.05, 4.69) is 6.92 Å². The first kappa shape index (κ1) is 17.7. The summed E-state index contributed by atoms with van der Waals surface area (Å²) in [6.07, 6.45) is 10.6. The lowest BCUT2D eigenvalue weighted by molar-refractivity contribution is -0.133. The van der Waals surface area contributed by atoms with E-state index < -0.39 is 0 Å². The molecule has 2 N–H and O–H groups in total. The Balaban J connectivity index is 0.00000289. The van der Waals surface area contributed by atoms with Gasteiger partial charge >= 0.3 is 0 Å². The largest absolute Gasteiger partial charge is 0.341 e. The third-order valence-electron chi connectivity index (χ3n) is 3.89. The quantitative estimate of drug-likeness (QED) is 0.858. The van der Waals surface area contributed by atoms with Gasteiger partial charge in [0.25, 0.3) is 0 Å². The Kier molecular flexibility index (Phi) is 9.47. The zero-order valence-electron chi connectivity index (χ0n) is 11.9. The summed E-state index contributed by atoms with van der Waals surface area (Å²) >= 11 is 0. The Morgan fingerprint density at radius 2 is 1.72 bits per heavy atom. The molecule has 0 aromatic carbocycles. The van der Waals surface area contributed by atoms with Crippen LogP contribution >= 0.6 is 12.4 Å². The van der Waals surface area contributed by atoms with Crippen LogP contribution in [0.15, 0.2) is 0 Å². The van der Waals surface area contributed by atoms with Gasteiger partial charge < -0.3 is 10.6 Å². The fourth-order valence-electron chi connectivity index (χ4n) is 2.70. The smallest absolute Gasteiger partial charge is 0.239 e. The number of hydrogen-bond donors (Lipinski definition) is 1. The van der Waals surface area contributed by atoms with Gasteiger partial charge in [0.05, 0.1) is 6.04 Å². The van der Waals surface area contributed by atoms with E-state index in [1.54, 1.807) is 0 Å². The maximum atomic E-state index is 12.1. The van der Waals surface area contributed by atoms with E-state index in [0.29, 0.717) is 6.04 Å². The van der Waals surface area contributed by atoms with E-state index in [1.165, 1.54) is 32.1 Å². The number of rotatable bonds is 4. The van der Waals surface area contributed by atoms with Crippen molar-refractivity contribution in [2.24, 2.45) is 5.73 Å². The van der Waals surface area contributed by atoms with Crippen molar-refractivity contribution >= 4 is 18.3 Å².